The number of nitrogens with one attached hydrogen (secondary N) is 1. The molecule has 6 heteroatoms. The lowest BCUT2D eigenvalue weighted by Gasteiger charge is -2.09. The number of amides is 1. The van der Waals surface area contributed by atoms with Crippen LogP contribution in [0.4, 0.5) is 4.79 Å². The summed E-state index contributed by atoms with van der Waals surface area (Å²) in [4.78, 5) is 11.2. The van der Waals surface area contributed by atoms with Gasteiger partial charge in [0, 0.05) is 10.6 Å². The van der Waals surface area contributed by atoms with Crippen LogP contribution in [0.25, 0.3) is 0 Å². The van der Waals surface area contributed by atoms with Gasteiger partial charge in [0.15, 0.2) is 0 Å². The normalized spacial score (nSPS) is 10.5. The summed E-state index contributed by atoms with van der Waals surface area (Å²) in [5.74, 6) is 0.664. The van der Waals surface area contributed by atoms with Gasteiger partial charge in [0.2, 0.25) is 0 Å². The molecule has 1 N–H and O–H groups in total. The Kier molecular flexibility index (Phi) is 6.44. The zero-order valence-corrected chi connectivity index (χ0v) is 13.4. The van der Waals surface area contributed by atoms with Crippen LogP contribution in [0, 0.1) is 0 Å². The number of para-hydroxylation sites is 1. The molecule has 5 nitrogen and oxygen atoms in total. The number of hydrogen-bond acceptors (Lipinski definition) is 4. The molecule has 0 aliphatic heterocycles. The number of nitrogens with zero attached hydrogens (tertiary/aromatic N) is 1. The molecule has 0 radical (unpaired) electrons. The van der Waals surface area contributed by atoms with Crippen LogP contribution < -0.4 is 10.2 Å². The highest BCUT2D eigenvalue weighted by Crippen LogP contribution is 2.18. The second-order valence-corrected chi connectivity index (χ2v) is 4.98. The summed E-state index contributed by atoms with van der Waals surface area (Å²) in [5.41, 5.74) is 4.03. The van der Waals surface area contributed by atoms with E-state index >= 15 is 0 Å². The van der Waals surface area contributed by atoms with Gasteiger partial charge < -0.3 is 9.47 Å². The first-order chi connectivity index (χ1) is 11.2. The molecule has 0 bridgehead atoms. The summed E-state index contributed by atoms with van der Waals surface area (Å²) in [7, 11) is 0. The maximum Gasteiger partial charge on any atom is 0.427 e. The largest absolute Gasteiger partial charge is 0.488 e. The molecule has 120 valence electrons. The molecule has 0 atom stereocenters. The van der Waals surface area contributed by atoms with Crippen molar-refractivity contribution >= 4 is 23.9 Å². The summed E-state index contributed by atoms with van der Waals surface area (Å²) in [6, 6.07) is 14.8. The minimum Gasteiger partial charge on any atom is -0.488 e. The first-order valence-corrected chi connectivity index (χ1v) is 7.49. The van der Waals surface area contributed by atoms with Crippen molar-refractivity contribution in [3.63, 3.8) is 0 Å². The topological polar surface area (TPSA) is 59.9 Å². The Morgan fingerprint density at radius 2 is 1.96 bits per heavy atom. The average molecular weight is 333 g/mol. The van der Waals surface area contributed by atoms with Gasteiger partial charge in [-0.1, -0.05) is 35.9 Å². The van der Waals surface area contributed by atoms with Gasteiger partial charge >= 0.3 is 6.09 Å². The van der Waals surface area contributed by atoms with Gasteiger partial charge in [0.05, 0.1) is 12.8 Å². The van der Waals surface area contributed by atoms with Gasteiger partial charge in [-0.2, -0.15) is 5.10 Å². The Morgan fingerprint density at radius 3 is 2.70 bits per heavy atom. The molecule has 23 heavy (non-hydrogen) atoms. The fourth-order valence-corrected chi connectivity index (χ4v) is 1.90. The third-order valence-electron chi connectivity index (χ3n) is 2.86. The van der Waals surface area contributed by atoms with Crippen LogP contribution in [-0.2, 0) is 11.3 Å². The van der Waals surface area contributed by atoms with Crippen molar-refractivity contribution in [2.45, 2.75) is 13.5 Å². The smallest absolute Gasteiger partial charge is 0.427 e. The lowest BCUT2D eigenvalue weighted by Crippen LogP contribution is -2.18. The number of rotatable bonds is 6. The van der Waals surface area contributed by atoms with E-state index in [-0.39, 0.29) is 0 Å². The number of halogens is 1. The van der Waals surface area contributed by atoms with Crippen molar-refractivity contribution in [3.05, 3.63) is 64.7 Å². The predicted octanol–water partition coefficient (Wildman–Crippen LogP) is 4.00. The molecule has 0 heterocycles. The number of hydrogen-bond donors (Lipinski definition) is 1. The minimum absolute atomic E-state index is 0.294. The van der Waals surface area contributed by atoms with Crippen LogP contribution in [0.2, 0.25) is 5.02 Å². The molecule has 0 aromatic heterocycles. The van der Waals surface area contributed by atoms with Crippen molar-refractivity contribution in [2.75, 3.05) is 6.61 Å². The predicted molar refractivity (Wildman–Crippen MR) is 90.0 cm³/mol. The lowest BCUT2D eigenvalue weighted by molar-refractivity contribution is 0.152. The molecule has 0 saturated carbocycles. The summed E-state index contributed by atoms with van der Waals surface area (Å²) < 4.78 is 10.5. The van der Waals surface area contributed by atoms with E-state index in [0.717, 1.165) is 11.1 Å². The van der Waals surface area contributed by atoms with Crippen LogP contribution in [0.3, 0.4) is 0 Å². The van der Waals surface area contributed by atoms with Gasteiger partial charge in [0.25, 0.3) is 0 Å². The van der Waals surface area contributed by atoms with E-state index in [0.29, 0.717) is 24.0 Å². The minimum atomic E-state index is -0.594. The van der Waals surface area contributed by atoms with Crippen LogP contribution in [0.5, 0.6) is 5.75 Å². The third kappa shape index (κ3) is 5.64. The molecule has 0 saturated heterocycles. The van der Waals surface area contributed by atoms with Crippen molar-refractivity contribution in [1.29, 1.82) is 0 Å². The maximum absolute atomic E-state index is 11.2. The highest BCUT2D eigenvalue weighted by atomic mass is 35.5. The fourth-order valence-electron chi connectivity index (χ4n) is 1.78. The van der Waals surface area contributed by atoms with Gasteiger partial charge in [-0.15, -0.1) is 0 Å². The number of carbonyl (C=O) groups excluding carboxylic acids is 1. The monoisotopic (exact) mass is 332 g/mol. The van der Waals surface area contributed by atoms with E-state index in [1.807, 2.05) is 48.5 Å². The summed E-state index contributed by atoms with van der Waals surface area (Å²) in [6.45, 7) is 2.43. The Bertz CT molecular complexity index is 672. The first-order valence-electron chi connectivity index (χ1n) is 7.11. The summed E-state index contributed by atoms with van der Waals surface area (Å²) in [5, 5.41) is 4.53. The van der Waals surface area contributed by atoms with Gasteiger partial charge in [-0.25, -0.2) is 10.2 Å². The Morgan fingerprint density at radius 1 is 1.22 bits per heavy atom. The van der Waals surface area contributed by atoms with Crippen LogP contribution in [0.1, 0.15) is 18.1 Å². The van der Waals surface area contributed by atoms with Gasteiger partial charge in [0.1, 0.15) is 12.4 Å². The Hall–Kier alpha value is -2.53. The highest BCUT2D eigenvalue weighted by Gasteiger charge is 2.02. The maximum atomic E-state index is 11.2. The second-order valence-electron chi connectivity index (χ2n) is 4.54. The number of carbonyl (C=O) groups is 1. The molecule has 0 fully saturated rings. The number of ether oxygens (including phenoxy) is 2. The zero-order chi connectivity index (χ0) is 16.5. The lowest BCUT2D eigenvalue weighted by atomic mass is 10.2. The molecule has 0 unspecified atom stereocenters. The molecule has 2 rings (SSSR count). The van der Waals surface area contributed by atoms with E-state index < -0.39 is 6.09 Å². The van der Waals surface area contributed by atoms with E-state index in [1.165, 1.54) is 6.21 Å². The summed E-state index contributed by atoms with van der Waals surface area (Å²) in [6.07, 6.45) is 0.914. The van der Waals surface area contributed by atoms with Gasteiger partial charge in [-0.05, 0) is 36.8 Å². The van der Waals surface area contributed by atoms with Crippen molar-refractivity contribution < 1.29 is 14.3 Å². The number of hydrazone groups is 1. The quantitative estimate of drug-likeness (QED) is 0.642. The van der Waals surface area contributed by atoms with Gasteiger partial charge in [-0.3, -0.25) is 0 Å². The second kappa shape index (κ2) is 8.80. The molecule has 0 aliphatic rings. The Labute approximate surface area is 139 Å². The molecule has 2 aromatic carbocycles. The molecule has 0 spiro atoms. The zero-order valence-electron chi connectivity index (χ0n) is 12.7. The molecule has 2 aromatic rings. The van der Waals surface area contributed by atoms with Crippen molar-refractivity contribution in [1.82, 2.24) is 5.43 Å². The summed E-state index contributed by atoms with van der Waals surface area (Å²) >= 11 is 5.86. The van der Waals surface area contributed by atoms with E-state index in [9.17, 15) is 4.79 Å². The molecular weight excluding hydrogens is 316 g/mol. The molecule has 1 amide bonds. The number of benzene rings is 2. The molecule has 0 aliphatic carbocycles. The van der Waals surface area contributed by atoms with Crippen LogP contribution in [-0.4, -0.2) is 18.9 Å². The third-order valence-corrected chi connectivity index (χ3v) is 3.11. The Balaban J connectivity index is 1.98. The first kappa shape index (κ1) is 16.8. The van der Waals surface area contributed by atoms with E-state index in [2.05, 4.69) is 10.5 Å². The van der Waals surface area contributed by atoms with Crippen LogP contribution in [0.15, 0.2) is 53.6 Å². The molecular formula is C17H17ClN2O3. The van der Waals surface area contributed by atoms with E-state index in [1.54, 1.807) is 6.92 Å². The standard InChI is InChI=1S/C17H17ClN2O3/c1-2-22-17(21)20-19-11-14-5-3-4-6-16(14)23-12-13-7-9-15(18)10-8-13/h3-11H,2,12H2,1H3,(H,20,21)/b19-11+. The van der Waals surface area contributed by atoms with E-state index in [4.69, 9.17) is 21.1 Å². The fraction of sp³-hybridized carbons (Fsp3) is 0.176. The van der Waals surface area contributed by atoms with Crippen LogP contribution >= 0.6 is 11.6 Å². The van der Waals surface area contributed by atoms with Crippen molar-refractivity contribution in [3.8, 4) is 5.75 Å². The van der Waals surface area contributed by atoms with Crippen molar-refractivity contribution in [2.24, 2.45) is 5.10 Å². The average Bonchev–Trinajstić information content (AvgIpc) is 2.56. The highest BCUT2D eigenvalue weighted by molar-refractivity contribution is 6.30. The SMILES string of the molecule is CCOC(=O)N/N=C/c1ccccc1OCc1ccc(Cl)cc1.